The molecule has 106 valence electrons. The highest BCUT2D eigenvalue weighted by atomic mass is 16.3. The normalized spacial score (nSPS) is 9.71. The van der Waals surface area contributed by atoms with Crippen molar-refractivity contribution in [1.29, 1.82) is 0 Å². The number of carbonyl (C=O) groups is 1. The molecule has 0 heterocycles. The Bertz CT molecular complexity index is 672. The molecular formula is C17H16N2O2. The Kier molecular flexibility index (Phi) is 4.47. The Balaban J connectivity index is 1.99. The van der Waals surface area contributed by atoms with E-state index in [1.165, 1.54) is 0 Å². The fraction of sp³-hybridized carbons (Fsp3) is 0.118. The van der Waals surface area contributed by atoms with Crippen molar-refractivity contribution in [3.63, 3.8) is 0 Å². The highest BCUT2D eigenvalue weighted by Gasteiger charge is 2.09. The first-order valence-corrected chi connectivity index (χ1v) is 6.45. The SMILES string of the molecule is C#Cc1cccc(NC(=O)N(C)Cc2ccc(O)cc2)c1. The molecule has 2 aromatic carbocycles. The molecular weight excluding hydrogens is 264 g/mol. The number of phenols is 1. The van der Waals surface area contributed by atoms with E-state index in [1.807, 2.05) is 0 Å². The molecule has 0 spiro atoms. The number of urea groups is 1. The molecule has 2 N–H and O–H groups in total. The van der Waals surface area contributed by atoms with E-state index in [2.05, 4.69) is 11.2 Å². The van der Waals surface area contributed by atoms with E-state index in [9.17, 15) is 9.90 Å². The van der Waals surface area contributed by atoms with Gasteiger partial charge in [0.25, 0.3) is 0 Å². The van der Waals surface area contributed by atoms with Crippen LogP contribution in [0.2, 0.25) is 0 Å². The summed E-state index contributed by atoms with van der Waals surface area (Å²) in [6.45, 7) is 0.445. The van der Waals surface area contributed by atoms with Crippen molar-refractivity contribution >= 4 is 11.7 Å². The van der Waals surface area contributed by atoms with E-state index >= 15 is 0 Å². The monoisotopic (exact) mass is 280 g/mol. The summed E-state index contributed by atoms with van der Waals surface area (Å²) in [6, 6.07) is 13.6. The van der Waals surface area contributed by atoms with Crippen LogP contribution in [-0.4, -0.2) is 23.1 Å². The van der Waals surface area contributed by atoms with E-state index in [4.69, 9.17) is 6.42 Å². The summed E-state index contributed by atoms with van der Waals surface area (Å²) in [4.78, 5) is 13.6. The largest absolute Gasteiger partial charge is 0.508 e. The molecule has 0 radical (unpaired) electrons. The second-order valence-corrected chi connectivity index (χ2v) is 4.68. The van der Waals surface area contributed by atoms with Crippen molar-refractivity contribution in [1.82, 2.24) is 4.90 Å². The molecule has 0 aromatic heterocycles. The maximum atomic E-state index is 12.1. The van der Waals surface area contributed by atoms with Gasteiger partial charge in [0.1, 0.15) is 5.75 Å². The first kappa shape index (κ1) is 14.5. The number of carbonyl (C=O) groups excluding carboxylic acids is 1. The molecule has 0 aliphatic rings. The summed E-state index contributed by atoms with van der Waals surface area (Å²) in [7, 11) is 1.70. The van der Waals surface area contributed by atoms with E-state index < -0.39 is 0 Å². The highest BCUT2D eigenvalue weighted by molar-refractivity contribution is 5.89. The molecule has 4 heteroatoms. The fourth-order valence-corrected chi connectivity index (χ4v) is 1.85. The number of terminal acetylenes is 1. The number of nitrogens with one attached hydrogen (secondary N) is 1. The maximum absolute atomic E-state index is 12.1. The minimum Gasteiger partial charge on any atom is -0.508 e. The van der Waals surface area contributed by atoms with Gasteiger partial charge in [0.05, 0.1) is 0 Å². The fourth-order valence-electron chi connectivity index (χ4n) is 1.85. The van der Waals surface area contributed by atoms with Gasteiger partial charge in [-0.1, -0.05) is 24.1 Å². The van der Waals surface area contributed by atoms with Crippen molar-refractivity contribution in [2.75, 3.05) is 12.4 Å². The minimum atomic E-state index is -0.225. The van der Waals surface area contributed by atoms with Crippen LogP contribution in [0.25, 0.3) is 0 Å². The Morgan fingerprint density at radius 3 is 2.67 bits per heavy atom. The highest BCUT2D eigenvalue weighted by Crippen LogP contribution is 2.13. The van der Waals surface area contributed by atoms with Crippen molar-refractivity contribution in [3.05, 3.63) is 59.7 Å². The second kappa shape index (κ2) is 6.49. The Morgan fingerprint density at radius 1 is 1.29 bits per heavy atom. The third-order valence-corrected chi connectivity index (χ3v) is 2.98. The standard InChI is InChI=1S/C17H16N2O2/c1-3-13-5-4-6-15(11-13)18-17(21)19(2)12-14-7-9-16(20)10-8-14/h1,4-11,20H,12H2,2H3,(H,18,21). The van der Waals surface area contributed by atoms with Crippen molar-refractivity contribution in [2.24, 2.45) is 0 Å². The van der Waals surface area contributed by atoms with Gasteiger partial charge in [0, 0.05) is 24.8 Å². The van der Waals surface area contributed by atoms with Crippen molar-refractivity contribution in [2.45, 2.75) is 6.54 Å². The van der Waals surface area contributed by atoms with E-state index in [0.29, 0.717) is 17.8 Å². The zero-order chi connectivity index (χ0) is 15.2. The number of anilines is 1. The number of rotatable bonds is 3. The van der Waals surface area contributed by atoms with Gasteiger partial charge in [0.2, 0.25) is 0 Å². The molecule has 0 unspecified atom stereocenters. The third kappa shape index (κ3) is 4.02. The lowest BCUT2D eigenvalue weighted by Gasteiger charge is -2.18. The van der Waals surface area contributed by atoms with Gasteiger partial charge in [-0.05, 0) is 35.9 Å². The van der Waals surface area contributed by atoms with Crippen LogP contribution in [0, 0.1) is 12.3 Å². The van der Waals surface area contributed by atoms with Crippen LogP contribution in [0.3, 0.4) is 0 Å². The van der Waals surface area contributed by atoms with Crippen LogP contribution in [-0.2, 0) is 6.54 Å². The summed E-state index contributed by atoms with van der Waals surface area (Å²) < 4.78 is 0. The van der Waals surface area contributed by atoms with Crippen LogP contribution in [0.1, 0.15) is 11.1 Å². The Morgan fingerprint density at radius 2 is 2.00 bits per heavy atom. The predicted octanol–water partition coefficient (Wildman–Crippen LogP) is 3.04. The Hall–Kier alpha value is -2.93. The molecule has 2 aromatic rings. The minimum absolute atomic E-state index is 0.206. The van der Waals surface area contributed by atoms with Crippen LogP contribution in [0.15, 0.2) is 48.5 Å². The molecule has 2 amide bonds. The zero-order valence-electron chi connectivity index (χ0n) is 11.7. The van der Waals surface area contributed by atoms with E-state index in [0.717, 1.165) is 5.56 Å². The van der Waals surface area contributed by atoms with Gasteiger partial charge in [-0.25, -0.2) is 4.79 Å². The molecule has 4 nitrogen and oxygen atoms in total. The number of benzene rings is 2. The van der Waals surface area contributed by atoms with Gasteiger partial charge in [-0.3, -0.25) is 0 Å². The van der Waals surface area contributed by atoms with Gasteiger partial charge in [0.15, 0.2) is 0 Å². The van der Waals surface area contributed by atoms with Crippen molar-refractivity contribution < 1.29 is 9.90 Å². The van der Waals surface area contributed by atoms with Crippen LogP contribution >= 0.6 is 0 Å². The number of aromatic hydroxyl groups is 1. The average Bonchev–Trinajstić information content (AvgIpc) is 2.49. The molecule has 0 saturated carbocycles. The maximum Gasteiger partial charge on any atom is 0.321 e. The number of amides is 2. The van der Waals surface area contributed by atoms with Gasteiger partial charge in [-0.2, -0.15) is 0 Å². The molecule has 0 aliphatic heterocycles. The summed E-state index contributed by atoms with van der Waals surface area (Å²) in [6.07, 6.45) is 5.33. The van der Waals surface area contributed by atoms with E-state index in [-0.39, 0.29) is 11.8 Å². The predicted molar refractivity (Wildman–Crippen MR) is 83.0 cm³/mol. The summed E-state index contributed by atoms with van der Waals surface area (Å²) in [5.41, 5.74) is 2.31. The van der Waals surface area contributed by atoms with Gasteiger partial charge in [-0.15, -0.1) is 6.42 Å². The van der Waals surface area contributed by atoms with Crippen LogP contribution in [0.5, 0.6) is 5.75 Å². The van der Waals surface area contributed by atoms with Gasteiger partial charge >= 0.3 is 6.03 Å². The number of phenolic OH excluding ortho intramolecular Hbond substituents is 1. The molecule has 21 heavy (non-hydrogen) atoms. The first-order chi connectivity index (χ1) is 10.1. The smallest absolute Gasteiger partial charge is 0.321 e. The average molecular weight is 280 g/mol. The first-order valence-electron chi connectivity index (χ1n) is 6.45. The third-order valence-electron chi connectivity index (χ3n) is 2.98. The topological polar surface area (TPSA) is 52.6 Å². The summed E-state index contributed by atoms with van der Waals surface area (Å²) >= 11 is 0. The van der Waals surface area contributed by atoms with Crippen LogP contribution < -0.4 is 5.32 Å². The van der Waals surface area contributed by atoms with Crippen molar-refractivity contribution in [3.8, 4) is 18.1 Å². The molecule has 0 fully saturated rings. The summed E-state index contributed by atoms with van der Waals surface area (Å²) in [5.74, 6) is 2.73. The number of hydrogen-bond acceptors (Lipinski definition) is 2. The molecule has 0 saturated heterocycles. The quantitative estimate of drug-likeness (QED) is 0.849. The van der Waals surface area contributed by atoms with E-state index in [1.54, 1.807) is 60.5 Å². The van der Waals surface area contributed by atoms with Gasteiger partial charge < -0.3 is 15.3 Å². The molecule has 0 atom stereocenters. The lowest BCUT2D eigenvalue weighted by atomic mass is 10.2. The number of nitrogens with zero attached hydrogens (tertiary/aromatic N) is 1. The summed E-state index contributed by atoms with van der Waals surface area (Å²) in [5, 5.41) is 12.0. The Labute approximate surface area is 124 Å². The second-order valence-electron chi connectivity index (χ2n) is 4.68. The molecule has 0 aliphatic carbocycles. The lowest BCUT2D eigenvalue weighted by molar-refractivity contribution is 0.220. The van der Waals surface area contributed by atoms with Crippen LogP contribution in [0.4, 0.5) is 10.5 Å². The number of hydrogen-bond donors (Lipinski definition) is 2. The zero-order valence-corrected chi connectivity index (χ0v) is 11.7. The molecule has 0 bridgehead atoms. The molecule has 2 rings (SSSR count). The lowest BCUT2D eigenvalue weighted by Crippen LogP contribution is -2.30.